The highest BCUT2D eigenvalue weighted by molar-refractivity contribution is 5.75. The summed E-state index contributed by atoms with van der Waals surface area (Å²) in [6, 6.07) is 8.34. The van der Waals surface area contributed by atoms with Gasteiger partial charge in [-0.15, -0.1) is 0 Å². The Bertz CT molecular complexity index is 488. The second-order valence-corrected chi connectivity index (χ2v) is 4.43. The van der Waals surface area contributed by atoms with Crippen molar-refractivity contribution in [2.45, 2.75) is 32.7 Å². The molecule has 1 atom stereocenters. The molecule has 0 aliphatic heterocycles. The van der Waals surface area contributed by atoms with Gasteiger partial charge in [-0.1, -0.05) is 31.5 Å². The molecule has 0 bridgehead atoms. The highest BCUT2D eigenvalue weighted by Gasteiger charge is 2.08. The monoisotopic (exact) mass is 229 g/mol. The third kappa shape index (κ3) is 2.49. The van der Waals surface area contributed by atoms with Crippen LogP contribution >= 0.6 is 0 Å². The minimum absolute atomic E-state index is 0.443. The zero-order valence-corrected chi connectivity index (χ0v) is 10.4. The number of nitrogens with two attached hydrogens (primary N) is 1. The van der Waals surface area contributed by atoms with Crippen LogP contribution < -0.4 is 5.73 Å². The molecule has 0 radical (unpaired) electrons. The average molecular weight is 229 g/mol. The van der Waals surface area contributed by atoms with Crippen molar-refractivity contribution in [3.63, 3.8) is 0 Å². The maximum Gasteiger partial charge on any atom is 0.0569 e. The van der Waals surface area contributed by atoms with Crippen molar-refractivity contribution in [3.8, 4) is 11.1 Å². The van der Waals surface area contributed by atoms with Crippen molar-refractivity contribution < 1.29 is 0 Å². The minimum Gasteiger partial charge on any atom is -0.398 e. The van der Waals surface area contributed by atoms with Crippen LogP contribution in [0, 0.1) is 0 Å². The summed E-state index contributed by atoms with van der Waals surface area (Å²) in [6.45, 7) is 4.38. The van der Waals surface area contributed by atoms with Gasteiger partial charge in [0.2, 0.25) is 0 Å². The third-order valence-electron chi connectivity index (χ3n) is 3.03. The SMILES string of the molecule is CCCC(C)n1cc(-c2ccccc2N)cn1. The lowest BCUT2D eigenvalue weighted by Gasteiger charge is -2.09. The van der Waals surface area contributed by atoms with Gasteiger partial charge in [-0.25, -0.2) is 0 Å². The predicted octanol–water partition coefficient (Wildman–Crippen LogP) is 3.49. The number of benzene rings is 1. The van der Waals surface area contributed by atoms with Crippen LogP contribution in [0.1, 0.15) is 32.7 Å². The summed E-state index contributed by atoms with van der Waals surface area (Å²) in [5, 5.41) is 4.41. The summed E-state index contributed by atoms with van der Waals surface area (Å²) in [6.07, 6.45) is 6.28. The number of aromatic nitrogens is 2. The number of para-hydroxylation sites is 1. The van der Waals surface area contributed by atoms with Gasteiger partial charge < -0.3 is 5.73 Å². The van der Waals surface area contributed by atoms with E-state index in [1.54, 1.807) is 0 Å². The lowest BCUT2D eigenvalue weighted by molar-refractivity contribution is 0.455. The van der Waals surface area contributed by atoms with Gasteiger partial charge in [0, 0.05) is 29.1 Å². The number of rotatable bonds is 4. The molecule has 1 aromatic heterocycles. The van der Waals surface area contributed by atoms with E-state index in [9.17, 15) is 0 Å². The van der Waals surface area contributed by atoms with Gasteiger partial charge in [-0.05, 0) is 19.4 Å². The van der Waals surface area contributed by atoms with Crippen molar-refractivity contribution in [2.75, 3.05) is 5.73 Å². The fraction of sp³-hybridized carbons (Fsp3) is 0.357. The van der Waals surface area contributed by atoms with E-state index in [2.05, 4.69) is 25.1 Å². The molecular formula is C14H19N3. The van der Waals surface area contributed by atoms with Crippen LogP contribution in [0.25, 0.3) is 11.1 Å². The van der Waals surface area contributed by atoms with E-state index >= 15 is 0 Å². The number of anilines is 1. The van der Waals surface area contributed by atoms with Crippen molar-refractivity contribution in [2.24, 2.45) is 0 Å². The van der Waals surface area contributed by atoms with E-state index in [0.29, 0.717) is 6.04 Å². The van der Waals surface area contributed by atoms with E-state index in [1.165, 1.54) is 6.42 Å². The Balaban J connectivity index is 2.27. The maximum atomic E-state index is 5.96. The fourth-order valence-corrected chi connectivity index (χ4v) is 2.03. The van der Waals surface area contributed by atoms with E-state index in [-0.39, 0.29) is 0 Å². The molecule has 0 spiro atoms. The molecular weight excluding hydrogens is 210 g/mol. The van der Waals surface area contributed by atoms with Gasteiger partial charge in [0.05, 0.1) is 6.20 Å². The summed E-state index contributed by atoms with van der Waals surface area (Å²) < 4.78 is 2.02. The molecule has 0 amide bonds. The lowest BCUT2D eigenvalue weighted by Crippen LogP contribution is -2.04. The normalized spacial score (nSPS) is 12.6. The van der Waals surface area contributed by atoms with Crippen molar-refractivity contribution in [1.82, 2.24) is 9.78 Å². The van der Waals surface area contributed by atoms with E-state index in [4.69, 9.17) is 5.73 Å². The standard InChI is InChI=1S/C14H19N3/c1-3-6-11(2)17-10-12(9-16-17)13-7-4-5-8-14(13)15/h4-5,7-11H,3,6,15H2,1-2H3. The van der Waals surface area contributed by atoms with E-state index in [1.807, 2.05) is 35.1 Å². The van der Waals surface area contributed by atoms with Crippen LogP contribution in [-0.4, -0.2) is 9.78 Å². The van der Waals surface area contributed by atoms with Gasteiger partial charge in [-0.2, -0.15) is 5.10 Å². The van der Waals surface area contributed by atoms with E-state index in [0.717, 1.165) is 23.2 Å². The predicted molar refractivity (Wildman–Crippen MR) is 71.7 cm³/mol. The second kappa shape index (κ2) is 5.04. The largest absolute Gasteiger partial charge is 0.398 e. The Morgan fingerprint density at radius 1 is 1.35 bits per heavy atom. The molecule has 0 saturated heterocycles. The highest BCUT2D eigenvalue weighted by Crippen LogP contribution is 2.26. The van der Waals surface area contributed by atoms with Gasteiger partial charge in [0.25, 0.3) is 0 Å². The average Bonchev–Trinajstić information content (AvgIpc) is 2.79. The molecule has 3 nitrogen and oxygen atoms in total. The first-order valence-electron chi connectivity index (χ1n) is 6.11. The summed E-state index contributed by atoms with van der Waals surface area (Å²) in [7, 11) is 0. The van der Waals surface area contributed by atoms with Gasteiger partial charge in [0.1, 0.15) is 0 Å². The summed E-state index contributed by atoms with van der Waals surface area (Å²) in [4.78, 5) is 0. The van der Waals surface area contributed by atoms with Gasteiger partial charge in [-0.3, -0.25) is 4.68 Å². The van der Waals surface area contributed by atoms with Gasteiger partial charge in [0.15, 0.2) is 0 Å². The summed E-state index contributed by atoms with van der Waals surface area (Å²) in [5.41, 5.74) is 8.91. The first-order chi connectivity index (χ1) is 8.22. The molecule has 0 saturated carbocycles. The molecule has 3 heteroatoms. The first kappa shape index (κ1) is 11.7. The van der Waals surface area contributed by atoms with Crippen LogP contribution in [0.3, 0.4) is 0 Å². The Morgan fingerprint density at radius 3 is 2.82 bits per heavy atom. The quantitative estimate of drug-likeness (QED) is 0.815. The molecule has 1 aromatic carbocycles. The highest BCUT2D eigenvalue weighted by atomic mass is 15.3. The van der Waals surface area contributed by atoms with E-state index < -0.39 is 0 Å². The van der Waals surface area contributed by atoms with Crippen molar-refractivity contribution >= 4 is 5.69 Å². The smallest absolute Gasteiger partial charge is 0.0569 e. The molecule has 0 fully saturated rings. The lowest BCUT2D eigenvalue weighted by atomic mass is 10.1. The molecule has 0 aliphatic rings. The summed E-state index contributed by atoms with van der Waals surface area (Å²) in [5.74, 6) is 0. The molecule has 2 aromatic rings. The molecule has 0 aliphatic carbocycles. The fourth-order valence-electron chi connectivity index (χ4n) is 2.03. The number of hydrogen-bond donors (Lipinski definition) is 1. The number of hydrogen-bond acceptors (Lipinski definition) is 2. The summed E-state index contributed by atoms with van der Waals surface area (Å²) >= 11 is 0. The zero-order chi connectivity index (χ0) is 12.3. The van der Waals surface area contributed by atoms with Crippen LogP contribution in [0.5, 0.6) is 0 Å². The minimum atomic E-state index is 0.443. The topological polar surface area (TPSA) is 43.8 Å². The van der Waals surface area contributed by atoms with Crippen molar-refractivity contribution in [3.05, 3.63) is 36.7 Å². The Kier molecular flexibility index (Phi) is 3.47. The molecule has 2 N–H and O–H groups in total. The van der Waals surface area contributed by atoms with Crippen LogP contribution in [-0.2, 0) is 0 Å². The van der Waals surface area contributed by atoms with Crippen LogP contribution in [0.4, 0.5) is 5.69 Å². The molecule has 1 heterocycles. The number of nitrogen functional groups attached to an aromatic ring is 1. The van der Waals surface area contributed by atoms with Gasteiger partial charge >= 0.3 is 0 Å². The van der Waals surface area contributed by atoms with Crippen LogP contribution in [0.15, 0.2) is 36.7 Å². The first-order valence-corrected chi connectivity index (χ1v) is 6.11. The Hall–Kier alpha value is -1.77. The molecule has 1 unspecified atom stereocenters. The third-order valence-corrected chi connectivity index (χ3v) is 3.03. The molecule has 2 rings (SSSR count). The molecule has 17 heavy (non-hydrogen) atoms. The molecule has 90 valence electrons. The van der Waals surface area contributed by atoms with Crippen molar-refractivity contribution in [1.29, 1.82) is 0 Å². The number of nitrogens with zero attached hydrogens (tertiary/aromatic N) is 2. The maximum absolute atomic E-state index is 5.96. The zero-order valence-electron chi connectivity index (χ0n) is 10.4. The Labute approximate surface area is 102 Å². The van der Waals surface area contributed by atoms with Crippen LogP contribution in [0.2, 0.25) is 0 Å². The Morgan fingerprint density at radius 2 is 2.12 bits per heavy atom. The second-order valence-electron chi connectivity index (χ2n) is 4.43.